The molecule has 3 aromatic heterocycles. The van der Waals surface area contributed by atoms with Crippen LogP contribution in [0.2, 0.25) is 0 Å². The first-order valence-corrected chi connectivity index (χ1v) is 14.3. The van der Waals surface area contributed by atoms with Gasteiger partial charge in [-0.25, -0.2) is 9.18 Å². The third kappa shape index (κ3) is 6.22. The van der Waals surface area contributed by atoms with Crippen molar-refractivity contribution in [2.75, 3.05) is 31.6 Å². The molecule has 8 nitrogen and oxygen atoms in total. The van der Waals surface area contributed by atoms with Crippen molar-refractivity contribution >= 4 is 33.3 Å². The number of urea groups is 1. The lowest BCUT2D eigenvalue weighted by atomic mass is 10.1. The number of nitrogens with one attached hydrogen (secondary N) is 3. The van der Waals surface area contributed by atoms with E-state index in [0.29, 0.717) is 17.9 Å². The average Bonchev–Trinajstić information content (AvgIpc) is 3.65. The van der Waals surface area contributed by atoms with E-state index < -0.39 is 5.82 Å². The van der Waals surface area contributed by atoms with Gasteiger partial charge >= 0.3 is 6.03 Å². The Hall–Kier alpha value is -3.67. The number of nitrogens with zero attached hydrogens (tertiary/aromatic N) is 3. The van der Waals surface area contributed by atoms with Gasteiger partial charge in [0, 0.05) is 68.5 Å². The summed E-state index contributed by atoms with van der Waals surface area (Å²) in [6, 6.07) is 12.1. The Balaban J connectivity index is 1.15. The fourth-order valence-corrected chi connectivity index (χ4v) is 5.84. The predicted molar refractivity (Wildman–Crippen MR) is 152 cm³/mol. The number of fused-ring (bicyclic) bond motifs is 1. The SMILES string of the molecule is O=C(Nc1ccc(Oc2ccnc3cc(-c4ccc(CN5CCNCC5CCF)cn4)sc23)c(F)c1)NC1CC1. The molecule has 0 spiro atoms. The summed E-state index contributed by atoms with van der Waals surface area (Å²) in [6.07, 6.45) is 5.97. The van der Waals surface area contributed by atoms with Gasteiger partial charge in [-0.15, -0.1) is 11.3 Å². The van der Waals surface area contributed by atoms with E-state index in [2.05, 4.69) is 36.9 Å². The number of amides is 2. The zero-order chi connectivity index (χ0) is 27.5. The summed E-state index contributed by atoms with van der Waals surface area (Å²) < 4.78 is 34.6. The van der Waals surface area contributed by atoms with Crippen LogP contribution in [0, 0.1) is 5.82 Å². The van der Waals surface area contributed by atoms with Crippen LogP contribution >= 0.6 is 11.3 Å². The van der Waals surface area contributed by atoms with Crippen molar-refractivity contribution in [3.63, 3.8) is 0 Å². The van der Waals surface area contributed by atoms with Gasteiger partial charge in [0.25, 0.3) is 0 Å². The molecule has 1 saturated carbocycles. The lowest BCUT2D eigenvalue weighted by Crippen LogP contribution is -2.50. The van der Waals surface area contributed by atoms with Gasteiger partial charge in [-0.05, 0) is 49.1 Å². The molecule has 3 N–H and O–H groups in total. The number of halogens is 2. The molecule has 11 heteroatoms. The van der Waals surface area contributed by atoms with E-state index in [1.807, 2.05) is 18.3 Å². The minimum atomic E-state index is -0.582. The van der Waals surface area contributed by atoms with Crippen LogP contribution in [0.3, 0.4) is 0 Å². The summed E-state index contributed by atoms with van der Waals surface area (Å²) in [7, 11) is 0. The van der Waals surface area contributed by atoms with E-state index in [4.69, 9.17) is 4.74 Å². The van der Waals surface area contributed by atoms with E-state index in [0.717, 1.165) is 65.4 Å². The summed E-state index contributed by atoms with van der Waals surface area (Å²) >= 11 is 1.48. The molecule has 1 aromatic carbocycles. The number of pyridine rings is 2. The van der Waals surface area contributed by atoms with Gasteiger partial charge in [0.15, 0.2) is 11.6 Å². The molecule has 1 aliphatic carbocycles. The molecule has 2 fully saturated rings. The number of benzene rings is 1. The van der Waals surface area contributed by atoms with Gasteiger partial charge in [0.2, 0.25) is 0 Å². The van der Waals surface area contributed by atoms with Crippen molar-refractivity contribution in [3.8, 4) is 22.1 Å². The molecule has 2 amide bonds. The number of piperazine rings is 1. The zero-order valence-electron chi connectivity index (χ0n) is 21.8. The van der Waals surface area contributed by atoms with Crippen LogP contribution in [0.5, 0.6) is 11.5 Å². The van der Waals surface area contributed by atoms with Crippen LogP contribution in [0.15, 0.2) is 54.9 Å². The Morgan fingerprint density at radius 1 is 1.15 bits per heavy atom. The number of ether oxygens (including phenoxy) is 1. The van der Waals surface area contributed by atoms with Crippen LogP contribution in [0.1, 0.15) is 24.8 Å². The standard InChI is InChI=1S/C29H30F2N6O2S/c30-9-7-21-16-32-11-12-37(21)17-18-1-5-23(34-15-18)27-14-24-28(40-27)26(8-10-33-24)39-25-6-4-20(13-22(25)31)36-29(38)35-19-2-3-19/h1,4-6,8,10,13-15,19,21,32H,2-3,7,9,11-12,16-17H2,(H2,35,36,38). The Kier molecular flexibility index (Phi) is 7.85. The van der Waals surface area contributed by atoms with E-state index in [-0.39, 0.29) is 30.5 Å². The highest BCUT2D eigenvalue weighted by Crippen LogP contribution is 2.39. The minimum absolute atomic E-state index is 0.0528. The smallest absolute Gasteiger partial charge is 0.319 e. The monoisotopic (exact) mass is 564 g/mol. The van der Waals surface area contributed by atoms with Crippen LogP contribution in [-0.2, 0) is 6.54 Å². The normalized spacial score (nSPS) is 17.6. The zero-order valence-corrected chi connectivity index (χ0v) is 22.6. The summed E-state index contributed by atoms with van der Waals surface area (Å²) in [5.74, 6) is -0.0416. The van der Waals surface area contributed by atoms with E-state index in [1.165, 1.54) is 23.5 Å². The van der Waals surface area contributed by atoms with Crippen molar-refractivity contribution in [3.05, 3.63) is 66.2 Å². The summed E-state index contributed by atoms with van der Waals surface area (Å²) in [5, 5.41) is 8.80. The van der Waals surface area contributed by atoms with Crippen LogP contribution in [-0.4, -0.2) is 59.3 Å². The molecule has 2 aliphatic rings. The molecular formula is C29H30F2N6O2S. The molecule has 0 radical (unpaired) electrons. The maximum absolute atomic E-state index is 14.9. The number of hydrogen-bond donors (Lipinski definition) is 3. The molecule has 208 valence electrons. The van der Waals surface area contributed by atoms with Gasteiger partial charge in [-0.3, -0.25) is 19.3 Å². The molecule has 1 aliphatic heterocycles. The average molecular weight is 565 g/mol. The van der Waals surface area contributed by atoms with E-state index >= 15 is 0 Å². The molecule has 4 aromatic rings. The molecular weight excluding hydrogens is 534 g/mol. The molecule has 4 heterocycles. The fraction of sp³-hybridized carbons (Fsp3) is 0.345. The first kappa shape index (κ1) is 26.5. The number of hydrogen-bond acceptors (Lipinski definition) is 7. The van der Waals surface area contributed by atoms with Gasteiger partial charge in [0.05, 0.1) is 27.5 Å². The molecule has 6 rings (SSSR count). The first-order valence-electron chi connectivity index (χ1n) is 13.5. The van der Waals surface area contributed by atoms with Crippen molar-refractivity contribution in [1.29, 1.82) is 0 Å². The van der Waals surface area contributed by atoms with Gasteiger partial charge in [-0.2, -0.15) is 0 Å². The highest BCUT2D eigenvalue weighted by atomic mass is 32.1. The van der Waals surface area contributed by atoms with E-state index in [9.17, 15) is 13.6 Å². The topological polar surface area (TPSA) is 91.4 Å². The Labute approximate surface area is 234 Å². The van der Waals surface area contributed by atoms with Crippen molar-refractivity contribution in [2.45, 2.75) is 37.9 Å². The molecule has 1 atom stereocenters. The van der Waals surface area contributed by atoms with Crippen molar-refractivity contribution < 1.29 is 18.3 Å². The number of anilines is 1. The third-order valence-electron chi connectivity index (χ3n) is 7.08. The second kappa shape index (κ2) is 11.8. The Bertz CT molecular complexity index is 1490. The number of thiophene rings is 1. The molecule has 40 heavy (non-hydrogen) atoms. The predicted octanol–water partition coefficient (Wildman–Crippen LogP) is 5.71. The second-order valence-electron chi connectivity index (χ2n) is 10.1. The number of carbonyl (C=O) groups excluding carboxylic acids is 1. The Morgan fingerprint density at radius 3 is 2.83 bits per heavy atom. The van der Waals surface area contributed by atoms with Crippen molar-refractivity contribution in [1.82, 2.24) is 25.5 Å². The molecule has 0 bridgehead atoms. The maximum Gasteiger partial charge on any atom is 0.319 e. The van der Waals surface area contributed by atoms with Crippen LogP contribution < -0.4 is 20.7 Å². The van der Waals surface area contributed by atoms with Crippen LogP contribution in [0.4, 0.5) is 19.3 Å². The quantitative estimate of drug-likeness (QED) is 0.241. The third-order valence-corrected chi connectivity index (χ3v) is 8.24. The molecule has 1 unspecified atom stereocenters. The van der Waals surface area contributed by atoms with E-state index in [1.54, 1.807) is 18.3 Å². The summed E-state index contributed by atoms with van der Waals surface area (Å²) in [5.41, 5.74) is 2.97. The minimum Gasteiger partial charge on any atom is -0.453 e. The fourth-order valence-electron chi connectivity index (χ4n) is 4.80. The second-order valence-corrected chi connectivity index (χ2v) is 11.2. The largest absolute Gasteiger partial charge is 0.453 e. The van der Waals surface area contributed by atoms with Gasteiger partial charge < -0.3 is 20.7 Å². The first-order chi connectivity index (χ1) is 19.6. The van der Waals surface area contributed by atoms with Gasteiger partial charge in [0.1, 0.15) is 5.75 Å². The molecule has 1 saturated heterocycles. The number of carbonyl (C=O) groups is 1. The van der Waals surface area contributed by atoms with Crippen molar-refractivity contribution in [2.24, 2.45) is 0 Å². The highest BCUT2D eigenvalue weighted by molar-refractivity contribution is 7.22. The number of rotatable bonds is 9. The van der Waals surface area contributed by atoms with Crippen LogP contribution in [0.25, 0.3) is 20.8 Å². The number of aromatic nitrogens is 2. The lowest BCUT2D eigenvalue weighted by molar-refractivity contribution is 0.137. The maximum atomic E-state index is 14.9. The summed E-state index contributed by atoms with van der Waals surface area (Å²) in [6.45, 7) is 3.00. The lowest BCUT2D eigenvalue weighted by Gasteiger charge is -2.35. The highest BCUT2D eigenvalue weighted by Gasteiger charge is 2.24. The summed E-state index contributed by atoms with van der Waals surface area (Å²) in [4.78, 5) is 24.3. The Morgan fingerprint density at radius 2 is 2.05 bits per heavy atom. The van der Waals surface area contributed by atoms with Gasteiger partial charge in [-0.1, -0.05) is 6.07 Å². The number of alkyl halides is 1.